The van der Waals surface area contributed by atoms with Crippen molar-refractivity contribution >= 4 is 21.8 Å². The fourth-order valence-electron chi connectivity index (χ4n) is 4.69. The van der Waals surface area contributed by atoms with Crippen molar-refractivity contribution in [2.45, 2.75) is 6.92 Å². The molecule has 0 unspecified atom stereocenters. The number of nitrogens with zero attached hydrogens (tertiary/aromatic N) is 1. The van der Waals surface area contributed by atoms with Crippen LogP contribution in [0.4, 0.5) is 0 Å². The summed E-state index contributed by atoms with van der Waals surface area (Å²) in [7, 11) is 0. The summed E-state index contributed by atoms with van der Waals surface area (Å²) in [6.07, 6.45) is 0. The standard InChI is InChI=1S/C31H23N/c1-22-9-8-14-27(19-22)32-30-18-16-25(23-10-4-2-5-11-23)20-29(30)28-17-15-26(21-31(28)32)24-12-6-3-7-13-24/h2-21H,1H3. The Morgan fingerprint density at radius 2 is 1.09 bits per heavy atom. The van der Waals surface area contributed by atoms with Crippen LogP contribution in [0.3, 0.4) is 0 Å². The molecule has 0 radical (unpaired) electrons. The third-order valence-corrected chi connectivity index (χ3v) is 6.24. The molecule has 6 aromatic rings. The van der Waals surface area contributed by atoms with E-state index in [0.717, 1.165) is 0 Å². The van der Waals surface area contributed by atoms with Gasteiger partial charge in [-0.2, -0.15) is 0 Å². The minimum Gasteiger partial charge on any atom is -0.309 e. The minimum atomic E-state index is 1.20. The van der Waals surface area contributed by atoms with E-state index in [4.69, 9.17) is 0 Å². The molecule has 6 rings (SSSR count). The summed E-state index contributed by atoms with van der Waals surface area (Å²) >= 11 is 0. The Morgan fingerprint density at radius 1 is 0.438 bits per heavy atom. The highest BCUT2D eigenvalue weighted by Crippen LogP contribution is 2.37. The lowest BCUT2D eigenvalue weighted by Gasteiger charge is -2.10. The lowest BCUT2D eigenvalue weighted by molar-refractivity contribution is 1.17. The van der Waals surface area contributed by atoms with E-state index in [1.54, 1.807) is 0 Å². The fraction of sp³-hybridized carbons (Fsp3) is 0.0323. The van der Waals surface area contributed by atoms with E-state index >= 15 is 0 Å². The highest BCUT2D eigenvalue weighted by atomic mass is 15.0. The maximum Gasteiger partial charge on any atom is 0.0547 e. The van der Waals surface area contributed by atoms with E-state index in [1.807, 2.05) is 0 Å². The van der Waals surface area contributed by atoms with Gasteiger partial charge in [-0.3, -0.25) is 0 Å². The van der Waals surface area contributed by atoms with Crippen LogP contribution in [0, 0.1) is 6.92 Å². The third kappa shape index (κ3) is 3.11. The van der Waals surface area contributed by atoms with Gasteiger partial charge in [0, 0.05) is 16.5 Å². The van der Waals surface area contributed by atoms with E-state index < -0.39 is 0 Å². The zero-order valence-electron chi connectivity index (χ0n) is 18.0. The van der Waals surface area contributed by atoms with Crippen LogP contribution in [0.15, 0.2) is 121 Å². The normalized spacial score (nSPS) is 11.3. The largest absolute Gasteiger partial charge is 0.309 e. The molecule has 0 saturated heterocycles. The topological polar surface area (TPSA) is 4.93 Å². The zero-order valence-corrected chi connectivity index (χ0v) is 18.0. The highest BCUT2D eigenvalue weighted by Gasteiger charge is 2.14. The quantitative estimate of drug-likeness (QED) is 0.276. The molecule has 5 aromatic carbocycles. The van der Waals surface area contributed by atoms with Crippen molar-refractivity contribution in [3.63, 3.8) is 0 Å². The number of aromatic nitrogens is 1. The second kappa shape index (κ2) is 7.55. The maximum absolute atomic E-state index is 2.40. The van der Waals surface area contributed by atoms with E-state index in [-0.39, 0.29) is 0 Å². The predicted octanol–water partition coefficient (Wildman–Crippen LogP) is 8.43. The van der Waals surface area contributed by atoms with Gasteiger partial charge in [0.1, 0.15) is 0 Å². The molecule has 1 aromatic heterocycles. The van der Waals surface area contributed by atoms with Gasteiger partial charge in [-0.15, -0.1) is 0 Å². The predicted molar refractivity (Wildman–Crippen MR) is 136 cm³/mol. The second-order valence-corrected chi connectivity index (χ2v) is 8.37. The summed E-state index contributed by atoms with van der Waals surface area (Å²) in [6, 6.07) is 43.7. The summed E-state index contributed by atoms with van der Waals surface area (Å²) in [5.41, 5.74) is 9.88. The molecule has 1 heterocycles. The number of hydrogen-bond acceptors (Lipinski definition) is 0. The molecule has 0 fully saturated rings. The van der Waals surface area contributed by atoms with E-state index in [9.17, 15) is 0 Å². The molecule has 0 aliphatic carbocycles. The van der Waals surface area contributed by atoms with E-state index in [2.05, 4.69) is 133 Å². The van der Waals surface area contributed by atoms with Crippen molar-refractivity contribution in [3.8, 4) is 27.9 Å². The average Bonchev–Trinajstić information content (AvgIpc) is 3.18. The lowest BCUT2D eigenvalue weighted by atomic mass is 10.0. The summed E-state index contributed by atoms with van der Waals surface area (Å²) in [5.74, 6) is 0. The van der Waals surface area contributed by atoms with Crippen LogP contribution in [0.5, 0.6) is 0 Å². The summed E-state index contributed by atoms with van der Waals surface area (Å²) < 4.78 is 2.40. The Bertz CT molecular complexity index is 1560. The first-order chi connectivity index (χ1) is 15.8. The van der Waals surface area contributed by atoms with Crippen molar-refractivity contribution in [3.05, 3.63) is 127 Å². The SMILES string of the molecule is Cc1cccc(-n2c3ccc(-c4ccccc4)cc3c3ccc(-c4ccccc4)cc32)c1. The first kappa shape index (κ1) is 18.7. The van der Waals surface area contributed by atoms with Crippen LogP contribution in [-0.4, -0.2) is 4.57 Å². The molecular weight excluding hydrogens is 386 g/mol. The summed E-state index contributed by atoms with van der Waals surface area (Å²) in [6.45, 7) is 2.15. The van der Waals surface area contributed by atoms with Gasteiger partial charge in [-0.1, -0.05) is 91.0 Å². The van der Waals surface area contributed by atoms with Crippen molar-refractivity contribution < 1.29 is 0 Å². The van der Waals surface area contributed by atoms with Crippen molar-refractivity contribution in [2.75, 3.05) is 0 Å². The fourth-order valence-corrected chi connectivity index (χ4v) is 4.69. The number of fused-ring (bicyclic) bond motifs is 3. The number of hydrogen-bond donors (Lipinski definition) is 0. The number of rotatable bonds is 3. The Labute approximate surface area is 188 Å². The van der Waals surface area contributed by atoms with Gasteiger partial charge in [0.15, 0.2) is 0 Å². The van der Waals surface area contributed by atoms with E-state index in [0.29, 0.717) is 0 Å². The van der Waals surface area contributed by atoms with Gasteiger partial charge in [0.25, 0.3) is 0 Å². The second-order valence-electron chi connectivity index (χ2n) is 8.37. The molecule has 0 bridgehead atoms. The van der Waals surface area contributed by atoms with Gasteiger partial charge >= 0.3 is 0 Å². The van der Waals surface area contributed by atoms with Crippen LogP contribution in [-0.2, 0) is 0 Å². The molecule has 0 N–H and O–H groups in total. The number of benzene rings is 5. The van der Waals surface area contributed by atoms with Crippen LogP contribution in [0.2, 0.25) is 0 Å². The molecule has 1 nitrogen and oxygen atoms in total. The van der Waals surface area contributed by atoms with Crippen LogP contribution in [0.25, 0.3) is 49.7 Å². The van der Waals surface area contributed by atoms with E-state index in [1.165, 1.54) is 55.3 Å². The Hall–Kier alpha value is -4.10. The minimum absolute atomic E-state index is 1.20. The molecule has 0 aliphatic rings. The molecule has 1 heteroatoms. The van der Waals surface area contributed by atoms with Crippen molar-refractivity contribution in [2.24, 2.45) is 0 Å². The highest BCUT2D eigenvalue weighted by molar-refractivity contribution is 6.11. The molecular formula is C31H23N. The first-order valence-corrected chi connectivity index (χ1v) is 11.0. The summed E-state index contributed by atoms with van der Waals surface area (Å²) in [5, 5.41) is 2.56. The number of aryl methyl sites for hydroxylation is 1. The van der Waals surface area contributed by atoms with Gasteiger partial charge in [0.05, 0.1) is 11.0 Å². The van der Waals surface area contributed by atoms with Gasteiger partial charge in [0.2, 0.25) is 0 Å². The molecule has 0 atom stereocenters. The Morgan fingerprint density at radius 3 is 1.78 bits per heavy atom. The van der Waals surface area contributed by atoms with Crippen LogP contribution < -0.4 is 0 Å². The smallest absolute Gasteiger partial charge is 0.0547 e. The monoisotopic (exact) mass is 409 g/mol. The molecule has 32 heavy (non-hydrogen) atoms. The maximum atomic E-state index is 2.40. The average molecular weight is 410 g/mol. The molecule has 0 saturated carbocycles. The molecule has 0 spiro atoms. The summed E-state index contributed by atoms with van der Waals surface area (Å²) in [4.78, 5) is 0. The molecule has 0 aliphatic heterocycles. The van der Waals surface area contributed by atoms with Gasteiger partial charge in [-0.25, -0.2) is 0 Å². The van der Waals surface area contributed by atoms with Gasteiger partial charge in [-0.05, 0) is 65.1 Å². The lowest BCUT2D eigenvalue weighted by Crippen LogP contribution is -1.94. The zero-order chi connectivity index (χ0) is 21.5. The van der Waals surface area contributed by atoms with Gasteiger partial charge < -0.3 is 4.57 Å². The van der Waals surface area contributed by atoms with Crippen LogP contribution >= 0.6 is 0 Å². The molecule has 0 amide bonds. The Balaban J connectivity index is 1.67. The Kier molecular flexibility index (Phi) is 4.40. The van der Waals surface area contributed by atoms with Crippen LogP contribution in [0.1, 0.15) is 5.56 Å². The van der Waals surface area contributed by atoms with Crippen molar-refractivity contribution in [1.29, 1.82) is 0 Å². The first-order valence-electron chi connectivity index (χ1n) is 11.0. The molecule has 152 valence electrons. The third-order valence-electron chi connectivity index (χ3n) is 6.24. The van der Waals surface area contributed by atoms with Crippen molar-refractivity contribution in [1.82, 2.24) is 4.57 Å².